The van der Waals surface area contributed by atoms with Crippen molar-refractivity contribution in [3.05, 3.63) is 66.0 Å². The molecule has 1 fully saturated rings. The van der Waals surface area contributed by atoms with Crippen molar-refractivity contribution in [2.24, 2.45) is 0 Å². The van der Waals surface area contributed by atoms with Gasteiger partial charge < -0.3 is 15.1 Å². The molecule has 0 aliphatic carbocycles. The zero-order chi connectivity index (χ0) is 18.6. The number of nitrogens with zero attached hydrogens (tertiary/aromatic N) is 2. The van der Waals surface area contributed by atoms with Crippen LogP contribution in [0.4, 0.5) is 14.9 Å². The average molecular weight is 355 g/mol. The molecule has 1 aliphatic rings. The van der Waals surface area contributed by atoms with Gasteiger partial charge in [-0.1, -0.05) is 44.2 Å². The van der Waals surface area contributed by atoms with Crippen molar-refractivity contribution in [3.63, 3.8) is 0 Å². The molecule has 0 unspecified atom stereocenters. The third-order valence-electron chi connectivity index (χ3n) is 5.00. The Morgan fingerprint density at radius 2 is 1.62 bits per heavy atom. The Morgan fingerprint density at radius 1 is 1.00 bits per heavy atom. The minimum Gasteiger partial charge on any atom is -0.368 e. The highest BCUT2D eigenvalue weighted by Gasteiger charge is 2.25. The molecule has 0 bridgehead atoms. The van der Waals surface area contributed by atoms with E-state index in [4.69, 9.17) is 0 Å². The highest BCUT2D eigenvalue weighted by Crippen LogP contribution is 2.22. The quantitative estimate of drug-likeness (QED) is 0.909. The van der Waals surface area contributed by atoms with Crippen LogP contribution in [-0.4, -0.2) is 43.7 Å². The van der Waals surface area contributed by atoms with Gasteiger partial charge in [0.05, 0.1) is 0 Å². The van der Waals surface area contributed by atoms with Crippen LogP contribution in [0.2, 0.25) is 0 Å². The first-order valence-corrected chi connectivity index (χ1v) is 9.04. The predicted octanol–water partition coefficient (Wildman–Crippen LogP) is 3.64. The molecular weight excluding hydrogens is 329 g/mol. The molecule has 4 nitrogen and oxygen atoms in total. The first-order chi connectivity index (χ1) is 12.5. The Hall–Kier alpha value is -2.56. The number of hydrogen-bond acceptors (Lipinski definition) is 2. The van der Waals surface area contributed by atoms with Crippen LogP contribution in [0, 0.1) is 5.82 Å². The Balaban J connectivity index is 1.50. The topological polar surface area (TPSA) is 35.6 Å². The maximum absolute atomic E-state index is 13.1. The van der Waals surface area contributed by atoms with Crippen LogP contribution in [0.5, 0.6) is 0 Å². The van der Waals surface area contributed by atoms with E-state index in [2.05, 4.69) is 22.3 Å². The van der Waals surface area contributed by atoms with Gasteiger partial charge in [-0.05, 0) is 29.8 Å². The molecule has 0 saturated carbocycles. The molecule has 1 heterocycles. The average Bonchev–Trinajstić information content (AvgIpc) is 2.67. The molecule has 2 aromatic carbocycles. The van der Waals surface area contributed by atoms with E-state index in [1.807, 2.05) is 36.9 Å². The van der Waals surface area contributed by atoms with Crippen molar-refractivity contribution < 1.29 is 9.18 Å². The minimum absolute atomic E-state index is 0.0344. The van der Waals surface area contributed by atoms with Crippen molar-refractivity contribution in [2.45, 2.75) is 19.3 Å². The third-order valence-corrected chi connectivity index (χ3v) is 5.00. The Morgan fingerprint density at radius 3 is 2.23 bits per heavy atom. The second-order valence-corrected chi connectivity index (χ2v) is 7.36. The summed E-state index contributed by atoms with van der Waals surface area (Å²) in [5.41, 5.74) is 1.95. The fraction of sp³-hybridized carbons (Fsp3) is 0.381. The highest BCUT2D eigenvalue weighted by atomic mass is 19.1. The molecule has 1 aliphatic heterocycles. The van der Waals surface area contributed by atoms with Gasteiger partial charge in [0, 0.05) is 43.8 Å². The summed E-state index contributed by atoms with van der Waals surface area (Å²) in [5.74, 6) is -0.245. The Kier molecular flexibility index (Phi) is 5.45. The summed E-state index contributed by atoms with van der Waals surface area (Å²) in [4.78, 5) is 16.7. The van der Waals surface area contributed by atoms with Crippen LogP contribution < -0.4 is 10.2 Å². The Labute approximate surface area is 154 Å². The largest absolute Gasteiger partial charge is 0.368 e. The maximum atomic E-state index is 13.1. The van der Waals surface area contributed by atoms with Crippen molar-refractivity contribution in [3.8, 4) is 0 Å². The zero-order valence-electron chi connectivity index (χ0n) is 15.4. The molecule has 3 rings (SSSR count). The molecule has 2 amide bonds. The molecule has 138 valence electrons. The number of benzene rings is 2. The number of nitrogens with one attached hydrogen (secondary N) is 1. The van der Waals surface area contributed by atoms with Crippen LogP contribution in [-0.2, 0) is 5.41 Å². The van der Waals surface area contributed by atoms with Gasteiger partial charge in [-0.25, -0.2) is 9.18 Å². The van der Waals surface area contributed by atoms with E-state index in [1.54, 1.807) is 12.1 Å². The van der Waals surface area contributed by atoms with Crippen LogP contribution >= 0.6 is 0 Å². The molecule has 0 aromatic heterocycles. The Bertz CT molecular complexity index is 723. The standard InChI is InChI=1S/C21H26FN3O/c1-21(2,17-8-10-18(22)11-9-17)16-23-20(26)25-14-12-24(13-15-25)19-6-4-3-5-7-19/h3-11H,12-16H2,1-2H3,(H,23,26). The van der Waals surface area contributed by atoms with Gasteiger partial charge in [0.1, 0.15) is 5.82 Å². The van der Waals surface area contributed by atoms with Crippen molar-refractivity contribution >= 4 is 11.7 Å². The highest BCUT2D eigenvalue weighted by molar-refractivity contribution is 5.74. The molecule has 1 N–H and O–H groups in total. The lowest BCUT2D eigenvalue weighted by Gasteiger charge is -2.36. The second-order valence-electron chi connectivity index (χ2n) is 7.36. The molecule has 0 radical (unpaired) electrons. The van der Waals surface area contributed by atoms with Gasteiger partial charge in [0.2, 0.25) is 0 Å². The monoisotopic (exact) mass is 355 g/mol. The summed E-state index contributed by atoms with van der Waals surface area (Å²) in [6.07, 6.45) is 0. The molecule has 26 heavy (non-hydrogen) atoms. The minimum atomic E-state index is -0.255. The maximum Gasteiger partial charge on any atom is 0.317 e. The van der Waals surface area contributed by atoms with E-state index in [-0.39, 0.29) is 17.3 Å². The molecule has 2 aromatic rings. The SMILES string of the molecule is CC(C)(CNC(=O)N1CCN(c2ccccc2)CC1)c1ccc(F)cc1. The van der Waals surface area contributed by atoms with E-state index >= 15 is 0 Å². The summed E-state index contributed by atoms with van der Waals surface area (Å²) in [7, 11) is 0. The van der Waals surface area contributed by atoms with Gasteiger partial charge >= 0.3 is 6.03 Å². The van der Waals surface area contributed by atoms with Crippen LogP contribution in [0.25, 0.3) is 0 Å². The third kappa shape index (κ3) is 4.34. The summed E-state index contributed by atoms with van der Waals surface area (Å²) in [6.45, 7) is 7.69. The van der Waals surface area contributed by atoms with E-state index in [0.717, 1.165) is 18.7 Å². The van der Waals surface area contributed by atoms with Crippen molar-refractivity contribution in [1.82, 2.24) is 10.2 Å². The zero-order valence-corrected chi connectivity index (χ0v) is 15.4. The van der Waals surface area contributed by atoms with Gasteiger partial charge in [-0.3, -0.25) is 0 Å². The van der Waals surface area contributed by atoms with Crippen molar-refractivity contribution in [1.29, 1.82) is 0 Å². The fourth-order valence-corrected chi connectivity index (χ4v) is 3.22. The summed E-state index contributed by atoms with van der Waals surface area (Å²) in [6, 6.07) is 16.7. The first kappa shape index (κ1) is 18.2. The van der Waals surface area contributed by atoms with Crippen LogP contribution in [0.15, 0.2) is 54.6 Å². The summed E-state index contributed by atoms with van der Waals surface area (Å²) >= 11 is 0. The molecule has 5 heteroatoms. The molecule has 0 spiro atoms. The lowest BCUT2D eigenvalue weighted by Crippen LogP contribution is -2.53. The van der Waals surface area contributed by atoms with Gasteiger partial charge in [-0.15, -0.1) is 0 Å². The van der Waals surface area contributed by atoms with Crippen LogP contribution in [0.3, 0.4) is 0 Å². The lowest BCUT2D eigenvalue weighted by molar-refractivity contribution is 0.192. The number of halogens is 1. The number of piperazine rings is 1. The smallest absolute Gasteiger partial charge is 0.317 e. The van der Waals surface area contributed by atoms with Crippen molar-refractivity contribution in [2.75, 3.05) is 37.6 Å². The van der Waals surface area contributed by atoms with E-state index in [1.165, 1.54) is 17.8 Å². The molecule has 1 saturated heterocycles. The summed E-state index contributed by atoms with van der Waals surface area (Å²) < 4.78 is 13.1. The number of carbonyl (C=O) groups excluding carboxylic acids is 1. The number of para-hydroxylation sites is 1. The predicted molar refractivity (Wildman–Crippen MR) is 103 cm³/mol. The van der Waals surface area contributed by atoms with E-state index < -0.39 is 0 Å². The lowest BCUT2D eigenvalue weighted by atomic mass is 9.84. The number of hydrogen-bond donors (Lipinski definition) is 1. The number of carbonyl (C=O) groups is 1. The number of rotatable bonds is 4. The second kappa shape index (κ2) is 7.77. The fourth-order valence-electron chi connectivity index (χ4n) is 3.22. The van der Waals surface area contributed by atoms with E-state index in [0.29, 0.717) is 19.6 Å². The molecular formula is C21H26FN3O. The van der Waals surface area contributed by atoms with Gasteiger partial charge in [-0.2, -0.15) is 0 Å². The van der Waals surface area contributed by atoms with E-state index in [9.17, 15) is 9.18 Å². The normalized spacial score (nSPS) is 15.0. The summed E-state index contributed by atoms with van der Waals surface area (Å²) in [5, 5.41) is 3.04. The first-order valence-electron chi connectivity index (χ1n) is 9.04. The van der Waals surface area contributed by atoms with Gasteiger partial charge in [0.15, 0.2) is 0 Å². The number of urea groups is 1. The number of amides is 2. The molecule has 0 atom stereocenters. The number of anilines is 1. The van der Waals surface area contributed by atoms with Crippen LogP contribution in [0.1, 0.15) is 19.4 Å². The van der Waals surface area contributed by atoms with Gasteiger partial charge in [0.25, 0.3) is 0 Å².